The van der Waals surface area contributed by atoms with Crippen LogP contribution in [0.15, 0.2) is 36.5 Å². The van der Waals surface area contributed by atoms with Gasteiger partial charge in [0.25, 0.3) is 0 Å². The summed E-state index contributed by atoms with van der Waals surface area (Å²) >= 11 is 0. The van der Waals surface area contributed by atoms with Crippen molar-refractivity contribution in [2.75, 3.05) is 19.7 Å². The van der Waals surface area contributed by atoms with E-state index in [2.05, 4.69) is 13.0 Å². The standard InChI is InChI=1S/C20H25N3O2/c1-2-3-12-22(14-15-24)20(25)10-9-17-16-23(13-6-11-21)19-8-5-4-7-18(17)19/h4-5,7-10,16,24H,2-3,6,12-15H2,1H3/b10-9+. The Morgan fingerprint density at radius 1 is 1.36 bits per heavy atom. The van der Waals surface area contributed by atoms with E-state index in [-0.39, 0.29) is 12.5 Å². The zero-order valence-corrected chi connectivity index (χ0v) is 14.7. The Morgan fingerprint density at radius 3 is 2.88 bits per heavy atom. The maximum Gasteiger partial charge on any atom is 0.246 e. The highest BCUT2D eigenvalue weighted by Gasteiger charge is 2.10. The number of carbonyl (C=O) groups is 1. The number of unbranched alkanes of at least 4 members (excludes halogenated alkanes) is 1. The van der Waals surface area contributed by atoms with Crippen LogP contribution >= 0.6 is 0 Å². The second-order valence-electron chi connectivity index (χ2n) is 5.94. The van der Waals surface area contributed by atoms with Crippen LogP contribution in [0, 0.1) is 11.3 Å². The van der Waals surface area contributed by atoms with Gasteiger partial charge in [0.1, 0.15) is 0 Å². The molecule has 0 bridgehead atoms. The first-order valence-electron chi connectivity index (χ1n) is 8.74. The highest BCUT2D eigenvalue weighted by Crippen LogP contribution is 2.23. The molecule has 5 nitrogen and oxygen atoms in total. The number of aliphatic hydroxyl groups is 1. The zero-order chi connectivity index (χ0) is 18.1. The number of nitriles is 1. The predicted molar refractivity (Wildman–Crippen MR) is 99.8 cm³/mol. The lowest BCUT2D eigenvalue weighted by molar-refractivity contribution is -0.126. The number of aliphatic hydroxyl groups excluding tert-OH is 1. The van der Waals surface area contributed by atoms with Crippen LogP contribution in [-0.2, 0) is 11.3 Å². The second kappa shape index (κ2) is 9.65. The summed E-state index contributed by atoms with van der Waals surface area (Å²) in [5.41, 5.74) is 2.02. The smallest absolute Gasteiger partial charge is 0.246 e. The van der Waals surface area contributed by atoms with Crippen LogP contribution in [0.3, 0.4) is 0 Å². The molecule has 25 heavy (non-hydrogen) atoms. The number of amides is 1. The predicted octanol–water partition coefficient (Wildman–Crippen LogP) is 3.19. The van der Waals surface area contributed by atoms with Crippen molar-refractivity contribution >= 4 is 22.9 Å². The van der Waals surface area contributed by atoms with Crippen LogP contribution in [0.4, 0.5) is 0 Å². The first-order chi connectivity index (χ1) is 12.2. The molecule has 1 aromatic heterocycles. The van der Waals surface area contributed by atoms with E-state index in [4.69, 9.17) is 10.4 Å². The summed E-state index contributed by atoms with van der Waals surface area (Å²) in [4.78, 5) is 14.1. The number of rotatable bonds is 9. The van der Waals surface area contributed by atoms with Gasteiger partial charge in [-0.1, -0.05) is 31.5 Å². The molecule has 0 radical (unpaired) electrons. The number of hydrogen-bond acceptors (Lipinski definition) is 3. The third-order valence-electron chi connectivity index (χ3n) is 4.15. The molecule has 1 N–H and O–H groups in total. The van der Waals surface area contributed by atoms with E-state index < -0.39 is 0 Å². The lowest BCUT2D eigenvalue weighted by Crippen LogP contribution is -2.33. The summed E-state index contributed by atoms with van der Waals surface area (Å²) in [5, 5.41) is 19.0. The summed E-state index contributed by atoms with van der Waals surface area (Å²) in [6.07, 6.45) is 7.75. The van der Waals surface area contributed by atoms with Crippen LogP contribution in [0.5, 0.6) is 0 Å². The van der Waals surface area contributed by atoms with E-state index in [0.717, 1.165) is 29.3 Å². The van der Waals surface area contributed by atoms with Gasteiger partial charge in [0, 0.05) is 48.4 Å². The molecule has 0 saturated carbocycles. The molecule has 2 rings (SSSR count). The van der Waals surface area contributed by atoms with Gasteiger partial charge in [-0.25, -0.2) is 0 Å². The molecular formula is C20H25N3O2. The number of aromatic nitrogens is 1. The molecule has 0 aliphatic heterocycles. The normalized spacial score (nSPS) is 11.1. The van der Waals surface area contributed by atoms with E-state index in [9.17, 15) is 4.79 Å². The van der Waals surface area contributed by atoms with Crippen LogP contribution < -0.4 is 0 Å². The highest BCUT2D eigenvalue weighted by atomic mass is 16.3. The van der Waals surface area contributed by atoms with Crippen LogP contribution in [0.25, 0.3) is 17.0 Å². The van der Waals surface area contributed by atoms with Gasteiger partial charge >= 0.3 is 0 Å². The van der Waals surface area contributed by atoms with Gasteiger partial charge in [0.15, 0.2) is 0 Å². The minimum Gasteiger partial charge on any atom is -0.395 e. The molecule has 0 fully saturated rings. The summed E-state index contributed by atoms with van der Waals surface area (Å²) in [7, 11) is 0. The largest absolute Gasteiger partial charge is 0.395 e. The van der Waals surface area contributed by atoms with E-state index in [1.165, 1.54) is 0 Å². The molecule has 132 valence electrons. The Kier molecular flexibility index (Phi) is 7.24. The van der Waals surface area contributed by atoms with Crippen molar-refractivity contribution in [3.8, 4) is 6.07 Å². The van der Waals surface area contributed by atoms with Gasteiger partial charge in [-0.3, -0.25) is 4.79 Å². The van der Waals surface area contributed by atoms with Gasteiger partial charge in [0.05, 0.1) is 19.1 Å². The maximum atomic E-state index is 12.4. The average molecular weight is 339 g/mol. The molecule has 1 heterocycles. The molecule has 5 heteroatoms. The first kappa shape index (κ1) is 18.8. The quantitative estimate of drug-likeness (QED) is 0.713. The number of nitrogens with zero attached hydrogens (tertiary/aromatic N) is 3. The fourth-order valence-electron chi connectivity index (χ4n) is 2.83. The molecule has 0 saturated heterocycles. The Bertz CT molecular complexity index is 771. The van der Waals surface area contributed by atoms with Gasteiger partial charge in [0.2, 0.25) is 5.91 Å². The topological polar surface area (TPSA) is 69.3 Å². The molecule has 1 amide bonds. The fraction of sp³-hybridized carbons (Fsp3) is 0.400. The Balaban J connectivity index is 2.22. The number of fused-ring (bicyclic) bond motifs is 1. The van der Waals surface area contributed by atoms with E-state index >= 15 is 0 Å². The Hall–Kier alpha value is -2.58. The van der Waals surface area contributed by atoms with E-state index in [1.807, 2.05) is 41.1 Å². The van der Waals surface area contributed by atoms with E-state index in [1.54, 1.807) is 11.0 Å². The summed E-state index contributed by atoms with van der Waals surface area (Å²) in [6.45, 7) is 3.69. The lowest BCUT2D eigenvalue weighted by Gasteiger charge is -2.19. The minimum absolute atomic E-state index is 0.0310. The van der Waals surface area contributed by atoms with Crippen LogP contribution in [0.1, 0.15) is 31.7 Å². The number of hydrogen-bond donors (Lipinski definition) is 1. The van der Waals surface area contributed by atoms with Gasteiger partial charge in [-0.2, -0.15) is 5.26 Å². The highest BCUT2D eigenvalue weighted by molar-refractivity contribution is 5.96. The van der Waals surface area contributed by atoms with Gasteiger partial charge in [-0.15, -0.1) is 0 Å². The van der Waals surface area contributed by atoms with Crippen molar-refractivity contribution in [2.24, 2.45) is 0 Å². The van der Waals surface area contributed by atoms with E-state index in [0.29, 0.717) is 26.1 Å². The maximum absolute atomic E-state index is 12.4. The molecular weight excluding hydrogens is 314 g/mol. The van der Waals surface area contributed by atoms with Crippen molar-refractivity contribution < 1.29 is 9.90 Å². The monoisotopic (exact) mass is 339 g/mol. The first-order valence-corrected chi connectivity index (χ1v) is 8.74. The van der Waals surface area contributed by atoms with Crippen molar-refractivity contribution in [1.82, 2.24) is 9.47 Å². The molecule has 2 aromatic rings. The van der Waals surface area contributed by atoms with Crippen molar-refractivity contribution in [2.45, 2.75) is 32.7 Å². The Labute approximate surface area is 148 Å². The lowest BCUT2D eigenvalue weighted by atomic mass is 10.1. The fourth-order valence-corrected chi connectivity index (χ4v) is 2.83. The summed E-state index contributed by atoms with van der Waals surface area (Å²) in [6, 6.07) is 10.1. The van der Waals surface area contributed by atoms with Crippen molar-refractivity contribution in [3.05, 3.63) is 42.1 Å². The number of carbonyl (C=O) groups excluding carboxylic acids is 1. The molecule has 0 unspecified atom stereocenters. The molecule has 0 aliphatic rings. The Morgan fingerprint density at radius 2 is 2.16 bits per heavy atom. The number of para-hydroxylation sites is 1. The zero-order valence-electron chi connectivity index (χ0n) is 14.7. The third kappa shape index (κ3) is 4.94. The minimum atomic E-state index is -0.0867. The van der Waals surface area contributed by atoms with Gasteiger partial charge < -0.3 is 14.6 Å². The average Bonchev–Trinajstić information content (AvgIpc) is 2.99. The van der Waals surface area contributed by atoms with Crippen molar-refractivity contribution in [3.63, 3.8) is 0 Å². The SMILES string of the molecule is CCCCN(CCO)C(=O)/C=C/c1cn(CCC#N)c2ccccc12. The summed E-state index contributed by atoms with van der Waals surface area (Å²) < 4.78 is 2.05. The molecule has 1 aromatic carbocycles. The number of aryl methyl sites for hydroxylation is 1. The van der Waals surface area contributed by atoms with Crippen LogP contribution in [-0.4, -0.2) is 40.2 Å². The van der Waals surface area contributed by atoms with Crippen LogP contribution in [0.2, 0.25) is 0 Å². The van der Waals surface area contributed by atoms with Gasteiger partial charge in [-0.05, 0) is 18.6 Å². The third-order valence-corrected chi connectivity index (χ3v) is 4.15. The molecule has 0 spiro atoms. The number of benzene rings is 1. The molecule has 0 aliphatic carbocycles. The summed E-state index contributed by atoms with van der Waals surface area (Å²) in [5.74, 6) is -0.0867. The van der Waals surface area contributed by atoms with Crippen molar-refractivity contribution in [1.29, 1.82) is 5.26 Å². The molecule has 0 atom stereocenters. The second-order valence-corrected chi connectivity index (χ2v) is 5.94.